The Labute approximate surface area is 335 Å². The number of carbonyl (C=O) groups is 7. The van der Waals surface area contributed by atoms with Crippen molar-refractivity contribution in [3.05, 3.63) is 71.3 Å². The van der Waals surface area contributed by atoms with Crippen molar-refractivity contribution in [1.82, 2.24) is 31.1 Å². The predicted octanol–water partition coefficient (Wildman–Crippen LogP) is 2.94. The Hall–Kier alpha value is -5.27. The maximum Gasteiger partial charge on any atom is 0.408 e. The number of Topliss-reactive ketones (excluding diaryl/α,β-unsaturated/α-hetero) is 1. The quantitative estimate of drug-likeness (QED) is 0.187. The molecule has 5 rings (SSSR count). The molecule has 2 aromatic rings. The summed E-state index contributed by atoms with van der Waals surface area (Å²) >= 11 is 0. The fourth-order valence-electron chi connectivity index (χ4n) is 8.29. The molecule has 57 heavy (non-hydrogen) atoms. The monoisotopic (exact) mass is 786 g/mol. The molecule has 4 N–H and O–H groups in total. The topological polar surface area (TPSA) is 183 Å². The summed E-state index contributed by atoms with van der Waals surface area (Å²) in [6.45, 7) is 11.3. The number of hydrogen-bond donors (Lipinski definition) is 4. The summed E-state index contributed by atoms with van der Waals surface area (Å²) in [7, 11) is 3.13. The largest absolute Gasteiger partial charge is 0.446 e. The number of carbonyl (C=O) groups excluding carboxylic acids is 7. The lowest BCUT2D eigenvalue weighted by Crippen LogP contribution is -2.59. The Bertz CT molecular complexity index is 1820. The highest BCUT2D eigenvalue weighted by Gasteiger charge is 2.70. The van der Waals surface area contributed by atoms with Gasteiger partial charge in [0.25, 0.3) is 5.91 Å². The van der Waals surface area contributed by atoms with Crippen molar-refractivity contribution < 1.29 is 38.3 Å². The number of fused-ring (bicyclic) bond motifs is 2. The van der Waals surface area contributed by atoms with Gasteiger partial charge >= 0.3 is 6.09 Å². The van der Waals surface area contributed by atoms with Crippen molar-refractivity contribution >= 4 is 41.4 Å². The summed E-state index contributed by atoms with van der Waals surface area (Å²) in [5.74, 6) is -4.41. The standard InChI is InChI=1S/C43H58N6O8/c1-9-15-31(37(51)39(53)44-22-32(50)46-34(40(54)48(7)8)26-16-11-10-12-17-26)45-38(52)36-33-30(43(33,5)6)23-49(36)41(55)35(47-42(56)57-25(4)24(2)3)29-20-27-18-13-14-19-28(27)21-29/h10-14,16-19,24-25,29-31,33-36H,9,15,20-23H2,1-8H3,(H,44,53)(H,45,52)(H,46,50)(H,47,56)/t25-,30-,31?,33-,34-,35-,36-/m0/s1. The predicted molar refractivity (Wildman–Crippen MR) is 212 cm³/mol. The van der Waals surface area contributed by atoms with E-state index in [-0.39, 0.29) is 41.4 Å². The SMILES string of the molecule is CCCC(NC(=O)[C@@H]1[C@@H]2[C@H](CN1C(=O)[C@@H](NC(=O)O[C@@H](C)C(C)C)C1Cc3ccccc3C1)C2(C)C)C(=O)C(=O)NCC(=O)N[C@H](C(=O)N(C)C)c1ccccc1. The summed E-state index contributed by atoms with van der Waals surface area (Å²) in [5, 5.41) is 10.6. The van der Waals surface area contributed by atoms with Crippen molar-refractivity contribution in [2.45, 2.75) is 97.5 Å². The van der Waals surface area contributed by atoms with E-state index in [1.54, 1.807) is 51.4 Å². The summed E-state index contributed by atoms with van der Waals surface area (Å²) in [6.07, 6.45) is 0.623. The molecule has 0 radical (unpaired) electrons. The van der Waals surface area contributed by atoms with E-state index in [2.05, 4.69) is 21.3 Å². The number of nitrogens with one attached hydrogen (secondary N) is 4. The highest BCUT2D eigenvalue weighted by atomic mass is 16.6. The number of nitrogens with zero attached hydrogens (tertiary/aromatic N) is 2. The van der Waals surface area contributed by atoms with Gasteiger partial charge in [-0.05, 0) is 72.0 Å². The molecule has 1 heterocycles. The molecule has 308 valence electrons. The molecule has 3 aliphatic rings. The first kappa shape index (κ1) is 42.9. The van der Waals surface area contributed by atoms with Crippen LogP contribution in [-0.4, -0.2) is 103 Å². The maximum absolute atomic E-state index is 14.7. The first-order valence-corrected chi connectivity index (χ1v) is 20.0. The number of amides is 6. The highest BCUT2D eigenvalue weighted by Crippen LogP contribution is 2.65. The Morgan fingerprint density at radius 2 is 1.49 bits per heavy atom. The third-order valence-electron chi connectivity index (χ3n) is 12.1. The number of rotatable bonds is 16. The smallest absolute Gasteiger partial charge is 0.408 e. The number of alkyl carbamates (subject to hydrolysis) is 1. The average Bonchev–Trinajstić information content (AvgIpc) is 3.53. The third kappa shape index (κ3) is 9.65. The zero-order chi connectivity index (χ0) is 41.8. The van der Waals surface area contributed by atoms with Gasteiger partial charge in [0.2, 0.25) is 29.4 Å². The summed E-state index contributed by atoms with van der Waals surface area (Å²) < 4.78 is 5.63. The molecular formula is C43H58N6O8. The van der Waals surface area contributed by atoms with E-state index in [0.29, 0.717) is 31.4 Å². The molecule has 1 aliphatic heterocycles. The van der Waals surface area contributed by atoms with Crippen molar-refractivity contribution in [3.8, 4) is 0 Å². The van der Waals surface area contributed by atoms with Crippen LogP contribution in [0.15, 0.2) is 54.6 Å². The minimum atomic E-state index is -1.22. The van der Waals surface area contributed by atoms with Crippen LogP contribution in [0.2, 0.25) is 0 Å². The summed E-state index contributed by atoms with van der Waals surface area (Å²) in [5.41, 5.74) is 2.49. The van der Waals surface area contributed by atoms with Gasteiger partial charge in [-0.2, -0.15) is 0 Å². The van der Waals surface area contributed by atoms with E-state index in [4.69, 9.17) is 4.74 Å². The van der Waals surface area contributed by atoms with E-state index in [0.717, 1.165) is 11.1 Å². The van der Waals surface area contributed by atoms with E-state index in [1.807, 2.05) is 58.9 Å². The van der Waals surface area contributed by atoms with Gasteiger partial charge in [-0.15, -0.1) is 0 Å². The van der Waals surface area contributed by atoms with Gasteiger partial charge in [0, 0.05) is 20.6 Å². The summed E-state index contributed by atoms with van der Waals surface area (Å²) in [4.78, 5) is 97.6. The average molecular weight is 787 g/mol. The van der Waals surface area contributed by atoms with Crippen LogP contribution in [0.25, 0.3) is 0 Å². The number of likely N-dealkylation sites (tertiary alicyclic amines) is 1. The Morgan fingerprint density at radius 3 is 2.07 bits per heavy atom. The molecule has 1 saturated heterocycles. The molecule has 6 amide bonds. The molecule has 0 bridgehead atoms. The highest BCUT2D eigenvalue weighted by molar-refractivity contribution is 6.38. The van der Waals surface area contributed by atoms with E-state index in [9.17, 15) is 33.6 Å². The molecule has 2 aliphatic carbocycles. The molecule has 7 atom stereocenters. The van der Waals surface area contributed by atoms with E-state index >= 15 is 0 Å². The number of ketones is 1. The number of ether oxygens (including phenoxy) is 1. The lowest BCUT2D eigenvalue weighted by atomic mass is 9.93. The molecule has 14 nitrogen and oxygen atoms in total. The van der Waals surface area contributed by atoms with Crippen molar-refractivity contribution in [1.29, 1.82) is 0 Å². The number of piperidine rings is 1. The van der Waals surface area contributed by atoms with Gasteiger partial charge in [0.05, 0.1) is 12.6 Å². The second-order valence-corrected chi connectivity index (χ2v) is 16.8. The Balaban J connectivity index is 1.29. The third-order valence-corrected chi connectivity index (χ3v) is 12.1. The van der Waals surface area contributed by atoms with Gasteiger partial charge in [-0.3, -0.25) is 28.8 Å². The van der Waals surface area contributed by atoms with Crippen LogP contribution in [0, 0.1) is 29.1 Å². The lowest BCUT2D eigenvalue weighted by molar-refractivity contribution is -0.145. The van der Waals surface area contributed by atoms with Crippen LogP contribution < -0.4 is 21.3 Å². The molecule has 2 fully saturated rings. The van der Waals surface area contributed by atoms with E-state index in [1.165, 1.54) is 9.80 Å². The van der Waals surface area contributed by atoms with Crippen molar-refractivity contribution in [2.24, 2.45) is 29.1 Å². The minimum absolute atomic E-state index is 0.0211. The number of likely N-dealkylation sites (N-methyl/N-ethyl adjacent to an activating group) is 1. The maximum atomic E-state index is 14.7. The van der Waals surface area contributed by atoms with Crippen molar-refractivity contribution in [3.63, 3.8) is 0 Å². The second-order valence-electron chi connectivity index (χ2n) is 16.8. The van der Waals surface area contributed by atoms with Gasteiger partial charge in [-0.25, -0.2) is 4.79 Å². The fourth-order valence-corrected chi connectivity index (χ4v) is 8.29. The molecule has 2 aromatic carbocycles. The van der Waals surface area contributed by atoms with E-state index < -0.39 is 72.3 Å². The van der Waals surface area contributed by atoms with Gasteiger partial charge < -0.3 is 35.8 Å². The summed E-state index contributed by atoms with van der Waals surface area (Å²) in [6, 6.07) is 12.4. The minimum Gasteiger partial charge on any atom is -0.446 e. The van der Waals surface area contributed by atoms with Crippen LogP contribution in [0.3, 0.4) is 0 Å². The second kappa shape index (κ2) is 17.9. The number of hydrogen-bond acceptors (Lipinski definition) is 8. The molecule has 0 spiro atoms. The van der Waals surface area contributed by atoms with Crippen LogP contribution in [-0.2, 0) is 46.3 Å². The number of benzene rings is 2. The van der Waals surface area contributed by atoms with Crippen molar-refractivity contribution in [2.75, 3.05) is 27.2 Å². The van der Waals surface area contributed by atoms with Gasteiger partial charge in [-0.1, -0.05) is 95.6 Å². The first-order chi connectivity index (χ1) is 27.0. The molecule has 14 heteroatoms. The first-order valence-electron chi connectivity index (χ1n) is 20.0. The lowest BCUT2D eigenvalue weighted by Gasteiger charge is -2.35. The van der Waals surface area contributed by atoms with Crippen LogP contribution in [0.4, 0.5) is 4.79 Å². The Morgan fingerprint density at radius 1 is 0.877 bits per heavy atom. The van der Waals surface area contributed by atoms with Crippen LogP contribution in [0.5, 0.6) is 0 Å². The van der Waals surface area contributed by atoms with Gasteiger partial charge in [0.1, 0.15) is 24.2 Å². The van der Waals surface area contributed by atoms with Crippen LogP contribution >= 0.6 is 0 Å². The zero-order valence-corrected chi connectivity index (χ0v) is 34.3. The molecule has 1 saturated carbocycles. The molecule has 1 unspecified atom stereocenters. The van der Waals surface area contributed by atoms with Crippen LogP contribution in [0.1, 0.15) is 77.1 Å². The fraction of sp³-hybridized carbons (Fsp3) is 0.558. The molecular weight excluding hydrogens is 729 g/mol. The molecule has 0 aromatic heterocycles. The normalized spacial score (nSPS) is 21.2. The van der Waals surface area contributed by atoms with Gasteiger partial charge in [0.15, 0.2) is 0 Å². The zero-order valence-electron chi connectivity index (χ0n) is 34.3. The Kier molecular flexibility index (Phi) is 13.5.